The van der Waals surface area contributed by atoms with Gasteiger partial charge < -0.3 is 10.0 Å². The zero-order valence-corrected chi connectivity index (χ0v) is 16.8. The van der Waals surface area contributed by atoms with E-state index in [1.807, 2.05) is 4.90 Å². The third-order valence-electron chi connectivity index (χ3n) is 5.24. The van der Waals surface area contributed by atoms with E-state index < -0.39 is 17.1 Å². The average Bonchev–Trinajstić information content (AvgIpc) is 2.80. The van der Waals surface area contributed by atoms with Gasteiger partial charge in [-0.15, -0.1) is 0 Å². The number of aromatic nitrogens is 2. The Morgan fingerprint density at radius 3 is 2.32 bits per heavy atom. The van der Waals surface area contributed by atoms with Crippen LogP contribution >= 0.6 is 0 Å². The number of carbonyl (C=O) groups excluding carboxylic acids is 1. The van der Waals surface area contributed by atoms with Crippen molar-refractivity contribution in [2.24, 2.45) is 4.99 Å². The lowest BCUT2D eigenvalue weighted by Crippen LogP contribution is -2.35. The first-order chi connectivity index (χ1) is 15.0. The molecule has 0 atom stereocenters. The van der Waals surface area contributed by atoms with E-state index in [0.29, 0.717) is 16.9 Å². The van der Waals surface area contributed by atoms with Crippen LogP contribution in [0.4, 0.5) is 5.69 Å². The number of nitrogens with zero attached hydrogens (tertiary/aromatic N) is 3. The van der Waals surface area contributed by atoms with Gasteiger partial charge in [0.1, 0.15) is 5.56 Å². The summed E-state index contributed by atoms with van der Waals surface area (Å²) in [5.41, 5.74) is -0.124. The Kier molecular flexibility index (Phi) is 5.79. The smallest absolute Gasteiger partial charge is 0.335 e. The van der Waals surface area contributed by atoms with Crippen LogP contribution in [0.3, 0.4) is 0 Å². The summed E-state index contributed by atoms with van der Waals surface area (Å²) < 4.78 is 1.00. The summed E-state index contributed by atoms with van der Waals surface area (Å²) in [5.74, 6) is -0.500. The Bertz CT molecular complexity index is 1220. The second-order valence-electron chi connectivity index (χ2n) is 7.33. The fourth-order valence-corrected chi connectivity index (χ4v) is 3.58. The minimum Gasteiger partial charge on any atom is -0.493 e. The molecule has 0 aliphatic carbocycles. The second-order valence-corrected chi connectivity index (χ2v) is 7.33. The Balaban J connectivity index is 1.59. The Labute approximate surface area is 178 Å². The van der Waals surface area contributed by atoms with Crippen LogP contribution in [0, 0.1) is 0 Å². The first kappa shape index (κ1) is 20.3. The highest BCUT2D eigenvalue weighted by atomic mass is 16.3. The van der Waals surface area contributed by atoms with Crippen molar-refractivity contribution in [3.8, 4) is 11.6 Å². The molecule has 1 aromatic heterocycles. The molecule has 0 unspecified atom stereocenters. The van der Waals surface area contributed by atoms with Gasteiger partial charge in [-0.1, -0.05) is 18.2 Å². The van der Waals surface area contributed by atoms with Crippen molar-refractivity contribution < 1.29 is 9.90 Å². The number of aromatic hydroxyl groups is 1. The van der Waals surface area contributed by atoms with Crippen LogP contribution in [-0.2, 0) is 0 Å². The van der Waals surface area contributed by atoms with Gasteiger partial charge in [-0.3, -0.25) is 19.6 Å². The minimum atomic E-state index is -0.744. The molecule has 2 aromatic carbocycles. The number of H-pyrrole nitrogens is 1. The number of hydrogen-bond donors (Lipinski definition) is 2. The summed E-state index contributed by atoms with van der Waals surface area (Å²) in [7, 11) is 0. The fraction of sp³-hybridized carbons (Fsp3) is 0.217. The highest BCUT2D eigenvalue weighted by molar-refractivity contribution is 5.94. The van der Waals surface area contributed by atoms with Crippen molar-refractivity contribution in [3.05, 3.63) is 86.6 Å². The van der Waals surface area contributed by atoms with Gasteiger partial charge in [-0.25, -0.2) is 9.36 Å². The largest absolute Gasteiger partial charge is 0.493 e. The molecule has 158 valence electrons. The molecular formula is C23H22N4O4. The number of aliphatic imine (C=N–C) groups is 1. The van der Waals surface area contributed by atoms with Crippen LogP contribution in [0.2, 0.25) is 0 Å². The Morgan fingerprint density at radius 1 is 0.968 bits per heavy atom. The van der Waals surface area contributed by atoms with E-state index in [0.717, 1.165) is 36.9 Å². The average molecular weight is 418 g/mol. The van der Waals surface area contributed by atoms with Crippen LogP contribution in [-0.4, -0.2) is 44.8 Å². The number of piperidine rings is 1. The van der Waals surface area contributed by atoms with E-state index in [1.165, 1.54) is 6.21 Å². The fourth-order valence-electron chi connectivity index (χ4n) is 3.58. The molecule has 0 saturated carbocycles. The van der Waals surface area contributed by atoms with Crippen molar-refractivity contribution in [2.45, 2.75) is 19.3 Å². The van der Waals surface area contributed by atoms with Crippen LogP contribution in [0.25, 0.3) is 5.69 Å². The summed E-state index contributed by atoms with van der Waals surface area (Å²) in [5, 5.41) is 10.5. The van der Waals surface area contributed by atoms with E-state index in [-0.39, 0.29) is 11.5 Å². The molecule has 1 amide bonds. The Hall–Kier alpha value is -3.94. The molecule has 2 N–H and O–H groups in total. The topological polar surface area (TPSA) is 108 Å². The summed E-state index contributed by atoms with van der Waals surface area (Å²) in [6.07, 6.45) is 4.41. The van der Waals surface area contributed by atoms with E-state index in [1.54, 1.807) is 54.6 Å². The lowest BCUT2D eigenvalue weighted by Gasteiger charge is -2.26. The molecule has 1 aliphatic rings. The van der Waals surface area contributed by atoms with E-state index in [9.17, 15) is 19.5 Å². The predicted octanol–water partition coefficient (Wildman–Crippen LogP) is 2.61. The maximum absolute atomic E-state index is 12.6. The molecule has 3 aromatic rings. The van der Waals surface area contributed by atoms with Crippen LogP contribution < -0.4 is 11.2 Å². The van der Waals surface area contributed by atoms with Gasteiger partial charge in [0.25, 0.3) is 11.5 Å². The zero-order chi connectivity index (χ0) is 21.8. The number of nitrogens with one attached hydrogen (secondary N) is 1. The highest BCUT2D eigenvalue weighted by Gasteiger charge is 2.18. The number of carbonyl (C=O) groups is 1. The molecule has 8 nitrogen and oxygen atoms in total. The normalized spacial score (nSPS) is 14.1. The zero-order valence-electron chi connectivity index (χ0n) is 16.8. The maximum atomic E-state index is 12.6. The number of benzene rings is 2. The number of likely N-dealkylation sites (tertiary alicyclic amines) is 1. The summed E-state index contributed by atoms with van der Waals surface area (Å²) >= 11 is 0. The standard InChI is InChI=1S/C23H22N4O4/c28-20-19(22(30)27(23(31)25-20)18-7-3-1-4-8-18)15-24-17-11-9-16(10-12-17)21(29)26-13-5-2-6-14-26/h1,3-4,7-12,15,30H,2,5-6,13-14H2,(H,25,28,31). The molecule has 1 aliphatic heterocycles. The van der Waals surface area contributed by atoms with Gasteiger partial charge in [0.2, 0.25) is 5.88 Å². The third-order valence-corrected chi connectivity index (χ3v) is 5.24. The first-order valence-corrected chi connectivity index (χ1v) is 10.1. The van der Waals surface area contributed by atoms with Crippen molar-refractivity contribution in [1.82, 2.24) is 14.5 Å². The van der Waals surface area contributed by atoms with Gasteiger partial charge in [0, 0.05) is 24.9 Å². The molecule has 31 heavy (non-hydrogen) atoms. The lowest BCUT2D eigenvalue weighted by atomic mass is 10.1. The number of aromatic amines is 1. The molecule has 8 heteroatoms. The van der Waals surface area contributed by atoms with E-state index in [2.05, 4.69) is 9.98 Å². The maximum Gasteiger partial charge on any atom is 0.335 e. The van der Waals surface area contributed by atoms with Crippen LogP contribution in [0.5, 0.6) is 5.88 Å². The summed E-state index contributed by atoms with van der Waals surface area (Å²) in [6.45, 7) is 1.55. The van der Waals surface area contributed by atoms with Crippen molar-refractivity contribution in [3.63, 3.8) is 0 Å². The number of rotatable bonds is 4. The van der Waals surface area contributed by atoms with Crippen LogP contribution in [0.1, 0.15) is 35.2 Å². The van der Waals surface area contributed by atoms with Gasteiger partial charge >= 0.3 is 5.69 Å². The third kappa shape index (κ3) is 4.32. The van der Waals surface area contributed by atoms with Gasteiger partial charge in [-0.2, -0.15) is 0 Å². The van der Waals surface area contributed by atoms with Crippen molar-refractivity contribution >= 4 is 17.8 Å². The Morgan fingerprint density at radius 2 is 1.65 bits per heavy atom. The van der Waals surface area contributed by atoms with Gasteiger partial charge in [-0.05, 0) is 55.7 Å². The minimum absolute atomic E-state index is 0.000689. The monoisotopic (exact) mass is 418 g/mol. The van der Waals surface area contributed by atoms with Gasteiger partial charge in [0.05, 0.1) is 11.4 Å². The van der Waals surface area contributed by atoms with E-state index >= 15 is 0 Å². The van der Waals surface area contributed by atoms with Crippen molar-refractivity contribution in [1.29, 1.82) is 0 Å². The molecular weight excluding hydrogens is 396 g/mol. The summed E-state index contributed by atoms with van der Waals surface area (Å²) in [6, 6.07) is 15.2. The number of hydrogen-bond acceptors (Lipinski definition) is 5. The first-order valence-electron chi connectivity index (χ1n) is 10.1. The number of amides is 1. The molecule has 0 bridgehead atoms. The molecule has 1 fully saturated rings. The molecule has 4 rings (SSSR count). The van der Waals surface area contributed by atoms with Gasteiger partial charge in [0.15, 0.2) is 0 Å². The lowest BCUT2D eigenvalue weighted by molar-refractivity contribution is 0.0724. The molecule has 0 spiro atoms. The SMILES string of the molecule is O=C(c1ccc(N=Cc2c(O)n(-c3ccccc3)c(=O)[nH]c2=O)cc1)N1CCCCC1. The molecule has 1 saturated heterocycles. The molecule has 0 radical (unpaired) electrons. The second kappa shape index (κ2) is 8.83. The predicted molar refractivity (Wildman–Crippen MR) is 118 cm³/mol. The number of para-hydroxylation sites is 1. The van der Waals surface area contributed by atoms with Crippen molar-refractivity contribution in [2.75, 3.05) is 13.1 Å². The van der Waals surface area contributed by atoms with Crippen LogP contribution in [0.15, 0.2) is 69.2 Å². The highest BCUT2D eigenvalue weighted by Crippen LogP contribution is 2.19. The van der Waals surface area contributed by atoms with E-state index in [4.69, 9.17) is 0 Å². The quantitative estimate of drug-likeness (QED) is 0.635. The summed E-state index contributed by atoms with van der Waals surface area (Å²) in [4.78, 5) is 45.2. The molecule has 2 heterocycles.